The highest BCUT2D eigenvalue weighted by Gasteiger charge is 2.30. The number of ether oxygens (including phenoxy) is 1. The standard InChI is InChI=1S/C29H35N7O/c1-30-16-21-6-4-14-36(18-21)28-25-11-15-35(27-9-3-7-22-17-31-12-10-24(22)27)19-26(25)32-29(33-28)37-20-23-8-5-13-34(23)2/h3,7,9-10,12,17,21,23H,4-6,8,11,13-16,18-20H2,2H3/t21?,23-/m0/s1. The molecule has 8 heteroatoms. The lowest BCUT2D eigenvalue weighted by molar-refractivity contribution is 0.187. The Hall–Kier alpha value is -3.44. The van der Waals surface area contributed by atoms with Gasteiger partial charge in [0, 0.05) is 66.0 Å². The van der Waals surface area contributed by atoms with Gasteiger partial charge in [-0.15, -0.1) is 0 Å². The summed E-state index contributed by atoms with van der Waals surface area (Å²) in [4.78, 5) is 25.2. The molecule has 0 bridgehead atoms. The van der Waals surface area contributed by atoms with E-state index in [2.05, 4.69) is 55.8 Å². The number of pyridine rings is 1. The molecule has 0 amide bonds. The second-order valence-corrected chi connectivity index (χ2v) is 10.7. The molecule has 0 N–H and O–H groups in total. The number of piperidine rings is 1. The van der Waals surface area contributed by atoms with Crippen LogP contribution in [0.5, 0.6) is 6.01 Å². The van der Waals surface area contributed by atoms with Gasteiger partial charge in [-0.1, -0.05) is 12.1 Å². The summed E-state index contributed by atoms with van der Waals surface area (Å²) in [6.45, 7) is 13.2. The van der Waals surface area contributed by atoms with Crippen molar-refractivity contribution in [3.05, 3.63) is 59.3 Å². The Bertz CT molecular complexity index is 1300. The molecular formula is C29H35N7O. The smallest absolute Gasteiger partial charge is 0.318 e. The molecule has 3 aliphatic rings. The Labute approximate surface area is 219 Å². The normalized spacial score (nSPS) is 22.2. The summed E-state index contributed by atoms with van der Waals surface area (Å²) in [6.07, 6.45) is 9.27. The summed E-state index contributed by atoms with van der Waals surface area (Å²) in [6, 6.07) is 9.43. The quantitative estimate of drug-likeness (QED) is 0.473. The van der Waals surface area contributed by atoms with Crippen molar-refractivity contribution in [1.29, 1.82) is 0 Å². The fourth-order valence-electron chi connectivity index (χ4n) is 6.20. The van der Waals surface area contributed by atoms with Crippen molar-refractivity contribution in [3.63, 3.8) is 0 Å². The zero-order valence-corrected chi connectivity index (χ0v) is 21.6. The van der Waals surface area contributed by atoms with E-state index in [1.165, 1.54) is 23.1 Å². The van der Waals surface area contributed by atoms with Crippen molar-refractivity contribution in [3.8, 4) is 6.01 Å². The van der Waals surface area contributed by atoms with Gasteiger partial charge in [-0.2, -0.15) is 9.97 Å². The van der Waals surface area contributed by atoms with Crippen molar-refractivity contribution >= 4 is 22.3 Å². The SMILES string of the molecule is [C-]#[N+]CC1CCCN(c2nc(OC[C@@H]3CCCN3C)nc3c2CCN(c2cccc4cnccc24)C3)C1. The van der Waals surface area contributed by atoms with Gasteiger partial charge in [-0.05, 0) is 57.8 Å². The van der Waals surface area contributed by atoms with Gasteiger partial charge in [0.05, 0.1) is 12.2 Å². The Morgan fingerprint density at radius 2 is 2.00 bits per heavy atom. The van der Waals surface area contributed by atoms with E-state index in [1.54, 1.807) is 0 Å². The molecule has 2 fully saturated rings. The maximum absolute atomic E-state index is 7.36. The Morgan fingerprint density at radius 3 is 2.86 bits per heavy atom. The van der Waals surface area contributed by atoms with Crippen LogP contribution in [0, 0.1) is 12.5 Å². The highest BCUT2D eigenvalue weighted by Crippen LogP contribution is 2.35. The number of likely N-dealkylation sites (N-methyl/N-ethyl adjacent to an activating group) is 1. The van der Waals surface area contributed by atoms with E-state index >= 15 is 0 Å². The summed E-state index contributed by atoms with van der Waals surface area (Å²) in [5.41, 5.74) is 3.52. The van der Waals surface area contributed by atoms with Crippen LogP contribution < -0.4 is 14.5 Å². The first-order chi connectivity index (χ1) is 18.2. The molecule has 8 nitrogen and oxygen atoms in total. The van der Waals surface area contributed by atoms with Crippen LogP contribution in [0.1, 0.15) is 36.9 Å². The van der Waals surface area contributed by atoms with Crippen LogP contribution in [0.25, 0.3) is 15.6 Å². The highest BCUT2D eigenvalue weighted by atomic mass is 16.5. The van der Waals surface area contributed by atoms with Gasteiger partial charge in [0.15, 0.2) is 0 Å². The van der Waals surface area contributed by atoms with Crippen LogP contribution in [0.3, 0.4) is 0 Å². The average molecular weight is 498 g/mol. The monoisotopic (exact) mass is 497 g/mol. The molecule has 0 saturated carbocycles. The van der Waals surface area contributed by atoms with Crippen LogP contribution in [0.4, 0.5) is 11.5 Å². The van der Waals surface area contributed by atoms with E-state index in [9.17, 15) is 0 Å². The minimum Gasteiger partial charge on any atom is -0.462 e. The number of fused-ring (bicyclic) bond motifs is 2. The zero-order chi connectivity index (χ0) is 25.2. The minimum absolute atomic E-state index is 0.401. The molecular weight excluding hydrogens is 462 g/mol. The Kier molecular flexibility index (Phi) is 6.79. The number of anilines is 2. The predicted octanol–water partition coefficient (Wildman–Crippen LogP) is 4.20. The molecule has 3 aromatic rings. The molecule has 6 rings (SSSR count). The Balaban J connectivity index is 1.32. The van der Waals surface area contributed by atoms with E-state index in [-0.39, 0.29) is 0 Å². The van der Waals surface area contributed by atoms with Crippen molar-refractivity contribution in [2.75, 3.05) is 56.2 Å². The number of hydrogen-bond donors (Lipinski definition) is 0. The van der Waals surface area contributed by atoms with E-state index in [0.29, 0.717) is 31.1 Å². The summed E-state index contributed by atoms with van der Waals surface area (Å²) in [7, 11) is 2.17. The lowest BCUT2D eigenvalue weighted by atomic mass is 9.96. The van der Waals surface area contributed by atoms with E-state index in [1.807, 2.05) is 12.4 Å². The van der Waals surface area contributed by atoms with Gasteiger partial charge in [0.25, 0.3) is 0 Å². The van der Waals surface area contributed by atoms with Gasteiger partial charge in [0.2, 0.25) is 6.54 Å². The number of hydrogen-bond acceptors (Lipinski definition) is 7. The maximum Gasteiger partial charge on any atom is 0.318 e. The first-order valence-corrected chi connectivity index (χ1v) is 13.6. The van der Waals surface area contributed by atoms with Gasteiger partial charge in [-0.3, -0.25) is 4.98 Å². The van der Waals surface area contributed by atoms with Crippen LogP contribution in [0.15, 0.2) is 36.7 Å². The number of aromatic nitrogens is 3. The second-order valence-electron chi connectivity index (χ2n) is 10.7. The number of nitrogens with zero attached hydrogens (tertiary/aromatic N) is 7. The second kappa shape index (κ2) is 10.5. The number of benzene rings is 1. The van der Waals surface area contributed by atoms with Gasteiger partial charge in [-0.25, -0.2) is 6.57 Å². The summed E-state index contributed by atoms with van der Waals surface area (Å²) >= 11 is 0. The fraction of sp³-hybridized carbons (Fsp3) is 0.517. The summed E-state index contributed by atoms with van der Waals surface area (Å²) < 4.78 is 6.28. The number of likely N-dealkylation sites (tertiary alicyclic amines) is 1. The maximum atomic E-state index is 7.36. The third kappa shape index (κ3) is 4.93. The third-order valence-corrected chi connectivity index (χ3v) is 8.27. The van der Waals surface area contributed by atoms with Gasteiger partial charge < -0.3 is 24.3 Å². The third-order valence-electron chi connectivity index (χ3n) is 8.27. The molecule has 0 radical (unpaired) electrons. The lowest BCUT2D eigenvalue weighted by Gasteiger charge is -2.36. The van der Waals surface area contributed by atoms with Crippen molar-refractivity contribution in [1.82, 2.24) is 19.9 Å². The molecule has 2 atom stereocenters. The molecule has 1 unspecified atom stereocenters. The fourth-order valence-corrected chi connectivity index (χ4v) is 6.20. The molecule has 3 aliphatic heterocycles. The zero-order valence-electron chi connectivity index (χ0n) is 21.6. The molecule has 2 aromatic heterocycles. The van der Waals surface area contributed by atoms with Crippen LogP contribution in [-0.4, -0.2) is 72.3 Å². The Morgan fingerprint density at radius 1 is 1.08 bits per heavy atom. The van der Waals surface area contributed by atoms with Crippen LogP contribution in [-0.2, 0) is 13.0 Å². The molecule has 1 aromatic carbocycles. The minimum atomic E-state index is 0.401. The molecule has 0 aliphatic carbocycles. The van der Waals surface area contributed by atoms with E-state index < -0.39 is 0 Å². The molecule has 0 spiro atoms. The summed E-state index contributed by atoms with van der Waals surface area (Å²) in [5.74, 6) is 1.42. The highest BCUT2D eigenvalue weighted by molar-refractivity contribution is 5.93. The van der Waals surface area contributed by atoms with E-state index in [4.69, 9.17) is 21.3 Å². The lowest BCUT2D eigenvalue weighted by Crippen LogP contribution is -2.39. The van der Waals surface area contributed by atoms with Gasteiger partial charge >= 0.3 is 6.01 Å². The molecule has 37 heavy (non-hydrogen) atoms. The van der Waals surface area contributed by atoms with Gasteiger partial charge in [0.1, 0.15) is 12.4 Å². The van der Waals surface area contributed by atoms with Crippen molar-refractivity contribution in [2.45, 2.75) is 44.7 Å². The molecule has 2 saturated heterocycles. The largest absolute Gasteiger partial charge is 0.462 e. The first kappa shape index (κ1) is 23.9. The summed E-state index contributed by atoms with van der Waals surface area (Å²) in [5, 5.41) is 2.37. The predicted molar refractivity (Wildman–Crippen MR) is 146 cm³/mol. The average Bonchev–Trinajstić information content (AvgIpc) is 3.35. The van der Waals surface area contributed by atoms with Crippen molar-refractivity contribution < 1.29 is 4.74 Å². The van der Waals surface area contributed by atoms with E-state index in [0.717, 1.165) is 75.3 Å². The molecule has 5 heterocycles. The van der Waals surface area contributed by atoms with Crippen LogP contribution in [0.2, 0.25) is 0 Å². The van der Waals surface area contributed by atoms with Crippen molar-refractivity contribution in [2.24, 2.45) is 5.92 Å². The topological polar surface area (TPSA) is 62.0 Å². The first-order valence-electron chi connectivity index (χ1n) is 13.6. The molecule has 192 valence electrons. The van der Waals surface area contributed by atoms with Crippen LogP contribution >= 0.6 is 0 Å². The number of rotatable bonds is 6.